The summed E-state index contributed by atoms with van der Waals surface area (Å²) in [4.78, 5) is 51.8. The van der Waals surface area contributed by atoms with E-state index in [1.54, 1.807) is 11.0 Å². The van der Waals surface area contributed by atoms with Gasteiger partial charge in [0.2, 0.25) is 0 Å². The maximum absolute atomic E-state index is 13.4. The predicted octanol–water partition coefficient (Wildman–Crippen LogP) is 3.50. The van der Waals surface area contributed by atoms with Crippen molar-refractivity contribution in [2.45, 2.75) is 45.4 Å². The first-order chi connectivity index (χ1) is 18.4. The van der Waals surface area contributed by atoms with Crippen LogP contribution in [0.2, 0.25) is 0 Å². The quantitative estimate of drug-likeness (QED) is 0.262. The van der Waals surface area contributed by atoms with Crippen LogP contribution in [0.15, 0.2) is 47.3 Å². The third kappa shape index (κ3) is 6.10. The number of amides is 3. The Bertz CT molecular complexity index is 1400. The second-order valence-corrected chi connectivity index (χ2v) is 9.03. The van der Waals surface area contributed by atoms with Crippen molar-refractivity contribution < 1.29 is 23.9 Å². The zero-order chi connectivity index (χ0) is 27.1. The van der Waals surface area contributed by atoms with Gasteiger partial charge in [0.25, 0.3) is 11.3 Å². The number of esters is 1. The Kier molecular flexibility index (Phi) is 8.57. The van der Waals surface area contributed by atoms with E-state index in [-0.39, 0.29) is 18.5 Å². The Morgan fingerprint density at radius 2 is 1.79 bits per heavy atom. The van der Waals surface area contributed by atoms with Gasteiger partial charge in [-0.15, -0.1) is 5.10 Å². The first-order valence-corrected chi connectivity index (χ1v) is 12.7. The van der Waals surface area contributed by atoms with E-state index in [0.717, 1.165) is 36.5 Å². The minimum atomic E-state index is -1.33. The molecular formula is C27H31N5O6. The lowest BCUT2D eigenvalue weighted by Gasteiger charge is -2.26. The van der Waals surface area contributed by atoms with Gasteiger partial charge in [-0.1, -0.05) is 43.7 Å². The van der Waals surface area contributed by atoms with Crippen molar-refractivity contribution in [1.82, 2.24) is 20.0 Å². The van der Waals surface area contributed by atoms with Crippen LogP contribution in [0.25, 0.3) is 16.5 Å². The van der Waals surface area contributed by atoms with Gasteiger partial charge < -0.3 is 25.4 Å². The molecule has 1 aliphatic rings. The summed E-state index contributed by atoms with van der Waals surface area (Å²) in [5.41, 5.74) is 4.67. The maximum Gasteiger partial charge on any atom is 0.412 e. The van der Waals surface area contributed by atoms with Gasteiger partial charge in [0, 0.05) is 13.1 Å². The van der Waals surface area contributed by atoms with E-state index in [9.17, 15) is 19.2 Å². The number of unbranched alkanes of at least 4 members (excludes halogenated alkanes) is 1. The van der Waals surface area contributed by atoms with Gasteiger partial charge in [-0.3, -0.25) is 4.79 Å². The van der Waals surface area contributed by atoms with Crippen molar-refractivity contribution in [3.05, 3.63) is 63.9 Å². The van der Waals surface area contributed by atoms with Crippen molar-refractivity contribution in [2.75, 3.05) is 19.8 Å². The maximum atomic E-state index is 13.4. The number of carbonyl (C=O) groups excluding carboxylic acids is 3. The summed E-state index contributed by atoms with van der Waals surface area (Å²) in [7, 11) is 0. The molecule has 2 heterocycles. The lowest BCUT2D eigenvalue weighted by molar-refractivity contribution is 0.0633. The molecule has 4 rings (SSSR count). The summed E-state index contributed by atoms with van der Waals surface area (Å²) in [6.45, 7) is 2.92. The zero-order valence-corrected chi connectivity index (χ0v) is 21.3. The van der Waals surface area contributed by atoms with Crippen LogP contribution < -0.4 is 21.2 Å². The van der Waals surface area contributed by atoms with Crippen LogP contribution in [0.5, 0.6) is 5.88 Å². The summed E-state index contributed by atoms with van der Waals surface area (Å²) >= 11 is 0. The Balaban J connectivity index is 1.75. The molecule has 1 saturated heterocycles. The molecule has 1 aliphatic heterocycles. The second-order valence-electron chi connectivity index (χ2n) is 9.03. The van der Waals surface area contributed by atoms with Gasteiger partial charge in [-0.05, 0) is 55.0 Å². The number of nitrogens with one attached hydrogen (secondary N) is 1. The highest BCUT2D eigenvalue weighted by molar-refractivity contribution is 5.97. The number of urea groups is 1. The highest BCUT2D eigenvalue weighted by Gasteiger charge is 2.27. The van der Waals surface area contributed by atoms with Crippen molar-refractivity contribution in [1.29, 1.82) is 0 Å². The molecule has 0 radical (unpaired) electrons. The number of nitrogens with zero attached hydrogens (tertiary/aromatic N) is 3. The van der Waals surface area contributed by atoms with Gasteiger partial charge in [0.15, 0.2) is 6.73 Å². The smallest absolute Gasteiger partial charge is 0.412 e. The van der Waals surface area contributed by atoms with E-state index >= 15 is 0 Å². The van der Waals surface area contributed by atoms with Gasteiger partial charge in [-0.2, -0.15) is 0 Å². The predicted molar refractivity (Wildman–Crippen MR) is 140 cm³/mol. The highest BCUT2D eigenvalue weighted by Crippen LogP contribution is 2.22. The number of nitrogens with two attached hydrogens (primary N) is 1. The molecule has 1 aromatic heterocycles. The van der Waals surface area contributed by atoms with Crippen LogP contribution in [0.3, 0.4) is 0 Å². The molecule has 0 spiro atoms. The Morgan fingerprint density at radius 1 is 1.05 bits per heavy atom. The number of aromatic nitrogens is 2. The summed E-state index contributed by atoms with van der Waals surface area (Å²) in [6, 6.07) is 13.0. The fraction of sp³-hybridized carbons (Fsp3) is 0.370. The number of likely N-dealkylation sites (tertiary alicyclic amines) is 1. The van der Waals surface area contributed by atoms with E-state index in [4.69, 9.17) is 10.5 Å². The molecule has 0 saturated carbocycles. The lowest BCUT2D eigenvalue weighted by Crippen LogP contribution is -2.44. The Morgan fingerprint density at radius 3 is 2.50 bits per heavy atom. The van der Waals surface area contributed by atoms with Crippen LogP contribution in [0.4, 0.5) is 9.59 Å². The molecule has 0 bridgehead atoms. The van der Waals surface area contributed by atoms with Crippen LogP contribution in [-0.2, 0) is 11.2 Å². The average Bonchev–Trinajstić information content (AvgIpc) is 2.92. The molecule has 0 aliphatic carbocycles. The molecule has 11 heteroatoms. The number of primary amides is 1. The number of rotatable bonds is 8. The van der Waals surface area contributed by atoms with E-state index in [2.05, 4.69) is 15.2 Å². The number of ether oxygens (including phenoxy) is 2. The monoisotopic (exact) mass is 521 g/mol. The summed E-state index contributed by atoms with van der Waals surface area (Å²) < 4.78 is 11.6. The van der Waals surface area contributed by atoms with Gasteiger partial charge in [-0.25, -0.2) is 19.1 Å². The average molecular weight is 522 g/mol. The molecule has 200 valence electrons. The molecule has 2 aromatic carbocycles. The van der Waals surface area contributed by atoms with Gasteiger partial charge in [0.1, 0.15) is 5.56 Å². The first-order valence-electron chi connectivity index (χ1n) is 12.7. The minimum Gasteiger partial charge on any atom is -0.453 e. The molecule has 11 nitrogen and oxygen atoms in total. The van der Waals surface area contributed by atoms with Crippen LogP contribution in [0.1, 0.15) is 55.1 Å². The SMILES string of the molecule is CCCCc1c(C(=O)OC(N)=O)c(=O)c(OCNC(=O)N2CCCCC2)nn1-c1ccc2ccccc2c1. The first kappa shape index (κ1) is 26.6. The largest absolute Gasteiger partial charge is 0.453 e. The summed E-state index contributed by atoms with van der Waals surface area (Å²) in [5.74, 6) is -1.61. The van der Waals surface area contributed by atoms with Crippen LogP contribution >= 0.6 is 0 Å². The van der Waals surface area contributed by atoms with Crippen LogP contribution in [0, 0.1) is 0 Å². The minimum absolute atomic E-state index is 0.267. The van der Waals surface area contributed by atoms with Crippen molar-refractivity contribution in [3.8, 4) is 11.6 Å². The molecule has 38 heavy (non-hydrogen) atoms. The van der Waals surface area contributed by atoms with Gasteiger partial charge in [0.05, 0.1) is 11.4 Å². The summed E-state index contributed by atoms with van der Waals surface area (Å²) in [6.07, 6.45) is 3.32. The van der Waals surface area contributed by atoms with E-state index in [0.29, 0.717) is 31.6 Å². The Labute approximate surface area is 219 Å². The third-order valence-electron chi connectivity index (χ3n) is 6.37. The lowest BCUT2D eigenvalue weighted by atomic mass is 10.1. The van der Waals surface area contributed by atoms with Crippen molar-refractivity contribution in [2.24, 2.45) is 5.73 Å². The molecule has 3 amide bonds. The Hall–Kier alpha value is -4.41. The standard InChI is InChI=1S/C27H31N5O6/c1-2-3-11-21-22(25(34)38-26(28)35)23(33)24(37-17-29-27(36)31-14-7-4-8-15-31)30-32(21)20-13-12-18-9-5-6-10-19(18)16-20/h5-6,9-10,12-13,16H,2-4,7-8,11,14-15,17H2,1H3,(H2,28,35)(H,29,36). The normalized spacial score (nSPS) is 13.2. The van der Waals surface area contributed by atoms with Crippen molar-refractivity contribution >= 4 is 28.9 Å². The molecule has 0 unspecified atom stereocenters. The summed E-state index contributed by atoms with van der Waals surface area (Å²) in [5, 5.41) is 8.97. The zero-order valence-electron chi connectivity index (χ0n) is 21.3. The molecule has 1 fully saturated rings. The number of benzene rings is 2. The molecule has 0 atom stereocenters. The number of carbonyl (C=O) groups is 3. The second kappa shape index (κ2) is 12.2. The molecule has 3 aromatic rings. The number of fused-ring (bicyclic) bond motifs is 1. The molecule has 3 N–H and O–H groups in total. The van der Waals surface area contributed by atoms with Gasteiger partial charge >= 0.3 is 18.1 Å². The fourth-order valence-corrected chi connectivity index (χ4v) is 4.46. The number of piperidine rings is 1. The highest BCUT2D eigenvalue weighted by atomic mass is 16.6. The third-order valence-corrected chi connectivity index (χ3v) is 6.37. The molecular weight excluding hydrogens is 490 g/mol. The van der Waals surface area contributed by atoms with Crippen molar-refractivity contribution in [3.63, 3.8) is 0 Å². The van der Waals surface area contributed by atoms with E-state index in [1.807, 2.05) is 43.3 Å². The van der Waals surface area contributed by atoms with E-state index < -0.39 is 28.9 Å². The number of hydrogen-bond donors (Lipinski definition) is 2. The topological polar surface area (TPSA) is 146 Å². The van der Waals surface area contributed by atoms with E-state index in [1.165, 1.54) is 4.68 Å². The fourth-order valence-electron chi connectivity index (χ4n) is 4.46. The number of hydrogen-bond acceptors (Lipinski definition) is 7. The van der Waals surface area contributed by atoms with Crippen LogP contribution in [-0.4, -0.2) is 52.6 Å².